The first-order valence-electron chi connectivity index (χ1n) is 4.51. The Bertz CT molecular complexity index is 433. The number of nitrogens with two attached hydrogens (primary N) is 2. The lowest BCUT2D eigenvalue weighted by atomic mass is 10.2. The number of hydrogen-bond acceptors (Lipinski definition) is 5. The molecule has 0 aliphatic rings. The number of nitro benzene ring substituents is 1. The van der Waals surface area contributed by atoms with Crippen molar-refractivity contribution >= 4 is 23.0 Å². The van der Waals surface area contributed by atoms with Gasteiger partial charge in [-0.25, -0.2) is 0 Å². The summed E-state index contributed by atoms with van der Waals surface area (Å²) >= 11 is 0. The van der Waals surface area contributed by atoms with Crippen LogP contribution in [0.5, 0.6) is 0 Å². The lowest BCUT2D eigenvalue weighted by molar-refractivity contribution is -0.384. The molecule has 0 bridgehead atoms. The molecule has 1 rings (SSSR count). The highest BCUT2D eigenvalue weighted by molar-refractivity contribution is 5.82. The predicted octanol–water partition coefficient (Wildman–Crippen LogP) is 0.463. The van der Waals surface area contributed by atoms with E-state index in [1.165, 1.54) is 18.2 Å². The summed E-state index contributed by atoms with van der Waals surface area (Å²) in [6.45, 7) is 1.55. The summed E-state index contributed by atoms with van der Waals surface area (Å²) in [6, 6.07) is 3.39. The highest BCUT2D eigenvalue weighted by atomic mass is 16.6. The van der Waals surface area contributed by atoms with Crippen molar-refractivity contribution in [1.29, 1.82) is 0 Å². The molecule has 0 saturated carbocycles. The number of carbonyl (C=O) groups is 1. The largest absolute Gasteiger partial charge is 0.398 e. The smallest absolute Gasteiger partial charge is 0.273 e. The van der Waals surface area contributed by atoms with Gasteiger partial charge < -0.3 is 16.8 Å². The number of nitrogens with zero attached hydrogens (tertiary/aromatic N) is 1. The summed E-state index contributed by atoms with van der Waals surface area (Å²) < 4.78 is 0. The third-order valence-corrected chi connectivity index (χ3v) is 1.96. The fraction of sp³-hybridized carbons (Fsp3) is 0.222. The highest BCUT2D eigenvalue weighted by Crippen LogP contribution is 2.22. The second-order valence-electron chi connectivity index (χ2n) is 3.34. The minimum absolute atomic E-state index is 0.140. The van der Waals surface area contributed by atoms with Crippen molar-refractivity contribution in [3.63, 3.8) is 0 Å². The maximum Gasteiger partial charge on any atom is 0.273 e. The molecule has 16 heavy (non-hydrogen) atoms. The number of rotatable bonds is 4. The standard InChI is InChI=1S/C9H12N4O3/c1-5(9(11)14)12-7-2-6(10)3-8(4-7)13(15)16/h2-5,12H,10H2,1H3,(H2,11,14). The fourth-order valence-corrected chi connectivity index (χ4v) is 1.14. The van der Waals surface area contributed by atoms with E-state index in [1.54, 1.807) is 6.92 Å². The second-order valence-corrected chi connectivity index (χ2v) is 3.34. The van der Waals surface area contributed by atoms with Crippen molar-refractivity contribution in [2.75, 3.05) is 11.1 Å². The van der Waals surface area contributed by atoms with E-state index in [0.29, 0.717) is 5.69 Å². The Labute approximate surface area is 91.6 Å². The normalized spacial score (nSPS) is 11.8. The van der Waals surface area contributed by atoms with Crippen molar-refractivity contribution in [2.45, 2.75) is 13.0 Å². The maximum absolute atomic E-state index is 10.8. The van der Waals surface area contributed by atoms with Gasteiger partial charge in [-0.3, -0.25) is 14.9 Å². The highest BCUT2D eigenvalue weighted by Gasteiger charge is 2.12. The van der Waals surface area contributed by atoms with Crippen molar-refractivity contribution < 1.29 is 9.72 Å². The van der Waals surface area contributed by atoms with Gasteiger partial charge in [0.2, 0.25) is 5.91 Å². The van der Waals surface area contributed by atoms with Crippen molar-refractivity contribution in [3.8, 4) is 0 Å². The molecule has 0 aliphatic carbocycles. The van der Waals surface area contributed by atoms with Gasteiger partial charge in [0, 0.05) is 23.5 Å². The molecule has 1 aromatic rings. The number of carbonyl (C=O) groups excluding carboxylic acids is 1. The van der Waals surface area contributed by atoms with E-state index < -0.39 is 16.9 Å². The molecule has 0 spiro atoms. The number of amides is 1. The van der Waals surface area contributed by atoms with Crippen LogP contribution in [0.25, 0.3) is 0 Å². The summed E-state index contributed by atoms with van der Waals surface area (Å²) in [7, 11) is 0. The minimum Gasteiger partial charge on any atom is -0.398 e. The molecule has 1 unspecified atom stereocenters. The molecule has 0 heterocycles. The van der Waals surface area contributed by atoms with Crippen LogP contribution < -0.4 is 16.8 Å². The van der Waals surface area contributed by atoms with E-state index >= 15 is 0 Å². The molecule has 0 radical (unpaired) electrons. The zero-order valence-electron chi connectivity index (χ0n) is 8.64. The molecule has 1 amide bonds. The van der Waals surface area contributed by atoms with Crippen LogP contribution in [0.2, 0.25) is 0 Å². The molecule has 0 aromatic heterocycles. The monoisotopic (exact) mass is 224 g/mol. The average Bonchev–Trinajstić information content (AvgIpc) is 2.16. The third kappa shape index (κ3) is 2.84. The minimum atomic E-state index is -0.624. The van der Waals surface area contributed by atoms with Crippen LogP contribution >= 0.6 is 0 Å². The number of hydrogen-bond donors (Lipinski definition) is 3. The Morgan fingerprint density at radius 2 is 2.12 bits per heavy atom. The number of non-ortho nitro benzene ring substituents is 1. The third-order valence-electron chi connectivity index (χ3n) is 1.96. The van der Waals surface area contributed by atoms with Gasteiger partial charge in [0.25, 0.3) is 5.69 Å². The van der Waals surface area contributed by atoms with Gasteiger partial charge in [-0.2, -0.15) is 0 Å². The van der Waals surface area contributed by atoms with Crippen molar-refractivity contribution in [3.05, 3.63) is 28.3 Å². The zero-order valence-corrected chi connectivity index (χ0v) is 8.64. The second kappa shape index (κ2) is 4.47. The Balaban J connectivity index is 2.97. The summed E-state index contributed by atoms with van der Waals surface area (Å²) in [4.78, 5) is 20.8. The van der Waals surface area contributed by atoms with Crippen LogP contribution in [-0.4, -0.2) is 16.9 Å². The summed E-state index contributed by atoms with van der Waals surface area (Å²) in [5.41, 5.74) is 11.0. The molecular formula is C9H12N4O3. The number of nitrogens with one attached hydrogen (secondary N) is 1. The van der Waals surface area contributed by atoms with Crippen LogP contribution in [-0.2, 0) is 4.79 Å². The number of benzene rings is 1. The SMILES string of the molecule is CC(Nc1cc(N)cc([N+](=O)[O-])c1)C(N)=O. The molecule has 7 heteroatoms. The Morgan fingerprint density at radius 1 is 1.50 bits per heavy atom. The van der Waals surface area contributed by atoms with Gasteiger partial charge in [-0.15, -0.1) is 0 Å². The Kier molecular flexibility index (Phi) is 3.29. The number of nitrogen functional groups attached to an aromatic ring is 1. The van der Waals surface area contributed by atoms with E-state index in [0.717, 1.165) is 0 Å². The molecule has 0 saturated heterocycles. The molecular weight excluding hydrogens is 212 g/mol. The van der Waals surface area contributed by atoms with Gasteiger partial charge in [-0.05, 0) is 13.0 Å². The van der Waals surface area contributed by atoms with Crippen LogP contribution in [0.3, 0.4) is 0 Å². The molecule has 0 aliphatic heterocycles. The quantitative estimate of drug-likeness (QED) is 0.389. The summed E-state index contributed by atoms with van der Waals surface area (Å²) in [5, 5.41) is 13.3. The van der Waals surface area contributed by atoms with Crippen LogP contribution in [0.15, 0.2) is 18.2 Å². The van der Waals surface area contributed by atoms with E-state index in [9.17, 15) is 14.9 Å². The Hall–Kier alpha value is -2.31. The van der Waals surface area contributed by atoms with E-state index in [1.807, 2.05) is 0 Å². The van der Waals surface area contributed by atoms with Gasteiger partial charge in [0.15, 0.2) is 0 Å². The first-order chi connectivity index (χ1) is 7.40. The van der Waals surface area contributed by atoms with Gasteiger partial charge in [0.1, 0.15) is 6.04 Å². The lowest BCUT2D eigenvalue weighted by Crippen LogP contribution is -2.32. The predicted molar refractivity (Wildman–Crippen MR) is 59.8 cm³/mol. The number of primary amides is 1. The van der Waals surface area contributed by atoms with Crippen LogP contribution in [0.4, 0.5) is 17.1 Å². The van der Waals surface area contributed by atoms with Crippen molar-refractivity contribution in [2.24, 2.45) is 5.73 Å². The summed E-state index contributed by atoms with van der Waals surface area (Å²) in [6.07, 6.45) is 0. The van der Waals surface area contributed by atoms with E-state index in [4.69, 9.17) is 11.5 Å². The van der Waals surface area contributed by atoms with Crippen molar-refractivity contribution in [1.82, 2.24) is 0 Å². The van der Waals surface area contributed by atoms with Crippen LogP contribution in [0.1, 0.15) is 6.92 Å². The van der Waals surface area contributed by atoms with Gasteiger partial charge >= 0.3 is 0 Å². The Morgan fingerprint density at radius 3 is 2.62 bits per heavy atom. The number of nitro groups is 1. The van der Waals surface area contributed by atoms with Crippen LogP contribution in [0, 0.1) is 10.1 Å². The maximum atomic E-state index is 10.8. The van der Waals surface area contributed by atoms with Gasteiger partial charge in [0.05, 0.1) is 4.92 Å². The molecule has 1 atom stereocenters. The first-order valence-corrected chi connectivity index (χ1v) is 4.51. The molecule has 1 aromatic carbocycles. The first kappa shape index (κ1) is 11.8. The average molecular weight is 224 g/mol. The van der Waals surface area contributed by atoms with Gasteiger partial charge in [-0.1, -0.05) is 0 Å². The summed E-state index contributed by atoms with van der Waals surface area (Å²) in [5.74, 6) is -0.551. The van der Waals surface area contributed by atoms with E-state index in [2.05, 4.69) is 5.32 Å². The fourth-order valence-electron chi connectivity index (χ4n) is 1.14. The zero-order chi connectivity index (χ0) is 12.3. The topological polar surface area (TPSA) is 124 Å². The molecule has 86 valence electrons. The molecule has 7 nitrogen and oxygen atoms in total. The lowest BCUT2D eigenvalue weighted by Gasteiger charge is -2.11. The molecule has 5 N–H and O–H groups in total. The number of anilines is 2. The van der Waals surface area contributed by atoms with E-state index in [-0.39, 0.29) is 11.4 Å². The molecule has 0 fully saturated rings.